The van der Waals surface area contributed by atoms with Gasteiger partial charge >= 0.3 is 0 Å². The normalized spacial score (nSPS) is 24.9. The fourth-order valence-electron chi connectivity index (χ4n) is 5.63. The van der Waals surface area contributed by atoms with Gasteiger partial charge in [-0.25, -0.2) is 4.39 Å². The molecule has 0 radical (unpaired) electrons. The van der Waals surface area contributed by atoms with E-state index in [2.05, 4.69) is 16.3 Å². The lowest BCUT2D eigenvalue weighted by Gasteiger charge is -2.50. The van der Waals surface area contributed by atoms with Crippen molar-refractivity contribution in [1.29, 1.82) is 0 Å². The van der Waals surface area contributed by atoms with Crippen LogP contribution >= 0.6 is 0 Å². The molecule has 1 aromatic heterocycles. The van der Waals surface area contributed by atoms with Gasteiger partial charge in [0.15, 0.2) is 11.5 Å². The average molecular weight is 463 g/mol. The fraction of sp³-hybridized carbons (Fsp3) is 0.385. The molecule has 8 heteroatoms. The largest absolute Gasteiger partial charge is 0.454 e. The zero-order valence-electron chi connectivity index (χ0n) is 19.0. The summed E-state index contributed by atoms with van der Waals surface area (Å²) in [7, 11) is 1.99. The molecule has 2 aromatic carbocycles. The number of piperidine rings is 3. The van der Waals surface area contributed by atoms with Gasteiger partial charge in [-0.15, -0.1) is 0 Å². The number of nitrogens with zero attached hydrogens (tertiary/aromatic N) is 3. The number of rotatable bonds is 5. The molecule has 4 aliphatic rings. The van der Waals surface area contributed by atoms with Gasteiger partial charge in [-0.2, -0.15) is 5.10 Å². The second-order valence-electron chi connectivity index (χ2n) is 9.40. The molecule has 4 aliphatic heterocycles. The first kappa shape index (κ1) is 21.2. The van der Waals surface area contributed by atoms with Crippen molar-refractivity contribution in [3.63, 3.8) is 0 Å². The molecule has 3 aromatic rings. The molecular weight excluding hydrogens is 435 g/mol. The van der Waals surface area contributed by atoms with E-state index in [9.17, 15) is 9.18 Å². The molecule has 7 rings (SSSR count). The summed E-state index contributed by atoms with van der Waals surface area (Å²) in [5.41, 5.74) is 3.60. The van der Waals surface area contributed by atoms with Crippen LogP contribution in [0.1, 0.15) is 34.8 Å². The lowest BCUT2D eigenvalue weighted by Crippen LogP contribution is -2.56. The third-order valence-corrected chi connectivity index (χ3v) is 7.45. The number of amides is 1. The monoisotopic (exact) mass is 462 g/mol. The average Bonchev–Trinajstić information content (AvgIpc) is 3.49. The third kappa shape index (κ3) is 3.81. The maximum Gasteiger partial charge on any atom is 0.251 e. The van der Waals surface area contributed by atoms with Gasteiger partial charge in [0.1, 0.15) is 5.82 Å². The quantitative estimate of drug-likeness (QED) is 0.628. The number of hydrogen-bond acceptors (Lipinski definition) is 5. The molecule has 34 heavy (non-hydrogen) atoms. The molecule has 5 heterocycles. The number of ether oxygens (including phenoxy) is 2. The van der Waals surface area contributed by atoms with Crippen molar-refractivity contribution in [3.05, 3.63) is 65.6 Å². The lowest BCUT2D eigenvalue weighted by molar-refractivity contribution is 0.0280. The summed E-state index contributed by atoms with van der Waals surface area (Å²) in [5, 5.41) is 7.82. The minimum absolute atomic E-state index is 0.0897. The Labute approximate surface area is 197 Å². The van der Waals surface area contributed by atoms with Gasteiger partial charge in [0, 0.05) is 48.9 Å². The van der Waals surface area contributed by atoms with E-state index < -0.39 is 0 Å². The molecule has 7 nitrogen and oxygen atoms in total. The number of carbonyl (C=O) groups is 1. The zero-order chi connectivity index (χ0) is 23.2. The van der Waals surface area contributed by atoms with Gasteiger partial charge in [-0.05, 0) is 73.8 Å². The van der Waals surface area contributed by atoms with Crippen LogP contribution in [-0.4, -0.2) is 53.1 Å². The van der Waals surface area contributed by atoms with Crippen LogP contribution in [0.4, 0.5) is 4.39 Å². The summed E-state index contributed by atoms with van der Waals surface area (Å²) in [4.78, 5) is 15.2. The van der Waals surface area contributed by atoms with Crippen molar-refractivity contribution < 1.29 is 18.7 Å². The predicted molar refractivity (Wildman–Crippen MR) is 124 cm³/mol. The number of hydrogen-bond donors (Lipinski definition) is 1. The minimum Gasteiger partial charge on any atom is -0.454 e. The summed E-state index contributed by atoms with van der Waals surface area (Å²) in [6, 6.07) is 14.3. The Balaban J connectivity index is 1.11. The Morgan fingerprint density at radius 1 is 1.15 bits per heavy atom. The third-order valence-electron chi connectivity index (χ3n) is 7.45. The van der Waals surface area contributed by atoms with Gasteiger partial charge in [-0.3, -0.25) is 14.4 Å². The molecule has 0 spiro atoms. The zero-order valence-corrected chi connectivity index (χ0v) is 19.0. The fourth-order valence-corrected chi connectivity index (χ4v) is 5.63. The summed E-state index contributed by atoms with van der Waals surface area (Å²) in [6.07, 6.45) is 2.19. The maximum absolute atomic E-state index is 13.3. The number of fused-ring (bicyclic) bond motifs is 4. The number of halogens is 1. The van der Waals surface area contributed by atoms with Crippen molar-refractivity contribution in [2.45, 2.75) is 24.8 Å². The van der Waals surface area contributed by atoms with E-state index in [0.717, 1.165) is 37.2 Å². The first-order valence-corrected chi connectivity index (χ1v) is 11.8. The number of aromatic nitrogens is 2. The first-order valence-electron chi connectivity index (χ1n) is 11.8. The summed E-state index contributed by atoms with van der Waals surface area (Å²) in [6.45, 7) is 2.83. The van der Waals surface area contributed by atoms with Gasteiger partial charge in [0.2, 0.25) is 6.79 Å². The van der Waals surface area contributed by atoms with Crippen molar-refractivity contribution >= 4 is 5.91 Å². The van der Waals surface area contributed by atoms with Crippen molar-refractivity contribution in [2.24, 2.45) is 13.0 Å². The van der Waals surface area contributed by atoms with Crippen LogP contribution in [0.3, 0.4) is 0 Å². The predicted octanol–water partition coefficient (Wildman–Crippen LogP) is 3.56. The Morgan fingerprint density at radius 2 is 1.97 bits per heavy atom. The summed E-state index contributed by atoms with van der Waals surface area (Å²) >= 11 is 0. The number of nitrogens with one attached hydrogen (secondary N) is 1. The van der Waals surface area contributed by atoms with Crippen molar-refractivity contribution in [3.8, 4) is 22.8 Å². The molecule has 0 aliphatic carbocycles. The van der Waals surface area contributed by atoms with Crippen LogP contribution in [0, 0.1) is 11.7 Å². The van der Waals surface area contributed by atoms with Crippen molar-refractivity contribution in [2.75, 3.05) is 26.4 Å². The molecular formula is C26H27FN4O3. The van der Waals surface area contributed by atoms with Gasteiger partial charge in [0.25, 0.3) is 5.91 Å². The van der Waals surface area contributed by atoms with Crippen LogP contribution in [0.5, 0.6) is 11.5 Å². The van der Waals surface area contributed by atoms with Gasteiger partial charge in [0.05, 0.1) is 5.69 Å². The van der Waals surface area contributed by atoms with Crippen LogP contribution < -0.4 is 14.8 Å². The Morgan fingerprint density at radius 3 is 2.76 bits per heavy atom. The van der Waals surface area contributed by atoms with Gasteiger partial charge < -0.3 is 14.8 Å². The summed E-state index contributed by atoms with van der Waals surface area (Å²) < 4.78 is 26.0. The standard InChI is InChI=1S/C26H27FN4O3/c1-30-23(12-22(29-30)16-2-5-19(27)6-3-16)21-14-31-9-8-17(21)10-20(31)13-28-26(32)18-4-7-24-25(11-18)34-15-33-24/h2-7,11-12,17,20-21H,8-10,13-15H2,1H3,(H,28,32). The number of aryl methyl sites for hydroxylation is 1. The van der Waals surface area contributed by atoms with Crippen LogP contribution in [-0.2, 0) is 7.05 Å². The number of carbonyl (C=O) groups excluding carboxylic acids is 1. The van der Waals surface area contributed by atoms with Gasteiger partial charge in [-0.1, -0.05) is 0 Å². The molecule has 1 amide bonds. The summed E-state index contributed by atoms with van der Waals surface area (Å²) in [5.74, 6) is 1.92. The van der Waals surface area contributed by atoms with E-state index in [1.54, 1.807) is 30.3 Å². The van der Waals surface area contributed by atoms with E-state index in [0.29, 0.717) is 41.5 Å². The molecule has 0 saturated carbocycles. The smallest absolute Gasteiger partial charge is 0.251 e. The Bertz CT molecular complexity index is 1230. The highest BCUT2D eigenvalue weighted by Crippen LogP contribution is 2.42. The van der Waals surface area contributed by atoms with Crippen LogP contribution in [0.2, 0.25) is 0 Å². The molecule has 1 N–H and O–H groups in total. The van der Waals surface area contributed by atoms with Crippen LogP contribution in [0.15, 0.2) is 48.5 Å². The highest BCUT2D eigenvalue weighted by molar-refractivity contribution is 5.95. The topological polar surface area (TPSA) is 68.6 Å². The molecule has 4 unspecified atom stereocenters. The van der Waals surface area contributed by atoms with Crippen molar-refractivity contribution in [1.82, 2.24) is 20.0 Å². The first-order chi connectivity index (χ1) is 16.5. The highest BCUT2D eigenvalue weighted by Gasteiger charge is 2.42. The molecule has 3 saturated heterocycles. The van der Waals surface area contributed by atoms with E-state index >= 15 is 0 Å². The molecule has 2 bridgehead atoms. The number of benzene rings is 2. The Kier molecular flexibility index (Phi) is 5.25. The maximum atomic E-state index is 13.3. The second kappa shape index (κ2) is 8.43. The van der Waals surface area contributed by atoms with E-state index in [1.807, 2.05) is 11.7 Å². The highest BCUT2D eigenvalue weighted by atomic mass is 19.1. The lowest BCUT2D eigenvalue weighted by atomic mass is 9.74. The Hall–Kier alpha value is -3.39. The van der Waals surface area contributed by atoms with E-state index in [-0.39, 0.29) is 18.5 Å². The molecule has 176 valence electrons. The van der Waals surface area contributed by atoms with E-state index in [4.69, 9.17) is 14.6 Å². The minimum atomic E-state index is -0.242. The second-order valence-corrected chi connectivity index (χ2v) is 9.40. The van der Waals surface area contributed by atoms with Crippen LogP contribution in [0.25, 0.3) is 11.3 Å². The van der Waals surface area contributed by atoms with E-state index in [1.165, 1.54) is 17.8 Å². The molecule has 4 atom stereocenters. The SMILES string of the molecule is Cn1nc(-c2ccc(F)cc2)cc1C1CN2CCC1CC2CNC(=O)c1ccc2c(c1)OCO2. The molecule has 3 fully saturated rings.